The van der Waals surface area contributed by atoms with Gasteiger partial charge in [-0.3, -0.25) is 4.79 Å². The average molecular weight is 345 g/mol. The molecule has 6 heteroatoms. The van der Waals surface area contributed by atoms with E-state index in [9.17, 15) is 9.18 Å². The van der Waals surface area contributed by atoms with Crippen LogP contribution in [0.3, 0.4) is 0 Å². The number of hydrogen-bond acceptors (Lipinski definition) is 3. The summed E-state index contributed by atoms with van der Waals surface area (Å²) < 4.78 is 18.8. The predicted molar refractivity (Wildman–Crippen MR) is 91.6 cm³/mol. The van der Waals surface area contributed by atoms with E-state index in [0.717, 1.165) is 32.4 Å². The second-order valence-electron chi connectivity index (χ2n) is 5.83. The molecule has 1 aliphatic heterocycles. The number of para-hydroxylation sites is 1. The van der Waals surface area contributed by atoms with Gasteiger partial charge >= 0.3 is 0 Å². The van der Waals surface area contributed by atoms with Crippen molar-refractivity contribution < 1.29 is 13.9 Å². The molecule has 1 fully saturated rings. The van der Waals surface area contributed by atoms with E-state index in [1.165, 1.54) is 6.07 Å². The minimum absolute atomic E-state index is 0. The van der Waals surface area contributed by atoms with Crippen molar-refractivity contribution in [3.8, 4) is 5.75 Å². The third kappa shape index (κ3) is 6.75. The summed E-state index contributed by atoms with van der Waals surface area (Å²) >= 11 is 0. The fraction of sp³-hybridized carbons (Fsp3) is 0.588. The highest BCUT2D eigenvalue weighted by Crippen LogP contribution is 2.18. The van der Waals surface area contributed by atoms with Gasteiger partial charge < -0.3 is 15.0 Å². The normalized spacial score (nSPS) is 14.9. The number of hydrogen-bond donors (Lipinski definition) is 1. The Hall–Kier alpha value is -1.33. The van der Waals surface area contributed by atoms with Crippen LogP contribution in [-0.2, 0) is 4.79 Å². The first-order valence-corrected chi connectivity index (χ1v) is 7.99. The number of piperidine rings is 1. The highest BCUT2D eigenvalue weighted by molar-refractivity contribution is 5.85. The molecule has 1 aliphatic rings. The van der Waals surface area contributed by atoms with Crippen LogP contribution in [0.1, 0.15) is 25.7 Å². The van der Waals surface area contributed by atoms with Gasteiger partial charge in [-0.25, -0.2) is 4.39 Å². The fourth-order valence-electron chi connectivity index (χ4n) is 2.67. The Morgan fingerprint density at radius 2 is 2.04 bits per heavy atom. The maximum atomic E-state index is 13.4. The second-order valence-corrected chi connectivity index (χ2v) is 5.83. The van der Waals surface area contributed by atoms with Gasteiger partial charge in [-0.15, -0.1) is 12.4 Å². The van der Waals surface area contributed by atoms with E-state index in [0.29, 0.717) is 25.5 Å². The van der Waals surface area contributed by atoms with E-state index in [-0.39, 0.29) is 29.9 Å². The van der Waals surface area contributed by atoms with Crippen LogP contribution >= 0.6 is 12.4 Å². The van der Waals surface area contributed by atoms with Gasteiger partial charge in [0.2, 0.25) is 5.91 Å². The Morgan fingerprint density at radius 3 is 2.74 bits per heavy atom. The van der Waals surface area contributed by atoms with Crippen LogP contribution in [0, 0.1) is 11.7 Å². The number of carbonyl (C=O) groups is 1. The lowest BCUT2D eigenvalue weighted by Gasteiger charge is -2.23. The molecule has 23 heavy (non-hydrogen) atoms. The van der Waals surface area contributed by atoms with Crippen molar-refractivity contribution in [3.63, 3.8) is 0 Å². The average Bonchev–Trinajstić information content (AvgIpc) is 2.55. The zero-order valence-electron chi connectivity index (χ0n) is 13.6. The van der Waals surface area contributed by atoms with Gasteiger partial charge in [-0.2, -0.15) is 0 Å². The van der Waals surface area contributed by atoms with Crippen molar-refractivity contribution in [2.24, 2.45) is 5.92 Å². The maximum Gasteiger partial charge on any atom is 0.222 e. The van der Waals surface area contributed by atoms with E-state index in [1.807, 2.05) is 0 Å². The van der Waals surface area contributed by atoms with Crippen molar-refractivity contribution >= 4 is 18.3 Å². The summed E-state index contributed by atoms with van der Waals surface area (Å²) in [6.45, 7) is 2.90. The van der Waals surface area contributed by atoms with Crippen LogP contribution in [0.5, 0.6) is 5.75 Å². The molecule has 0 unspecified atom stereocenters. The zero-order valence-corrected chi connectivity index (χ0v) is 14.4. The smallest absolute Gasteiger partial charge is 0.222 e. The first-order valence-electron chi connectivity index (χ1n) is 7.99. The van der Waals surface area contributed by atoms with Crippen molar-refractivity contribution in [1.29, 1.82) is 0 Å². The highest BCUT2D eigenvalue weighted by atomic mass is 35.5. The summed E-state index contributed by atoms with van der Waals surface area (Å²) in [6.07, 6.45) is 3.86. The molecule has 4 nitrogen and oxygen atoms in total. The summed E-state index contributed by atoms with van der Waals surface area (Å²) in [7, 11) is 1.77. The third-order valence-corrected chi connectivity index (χ3v) is 4.17. The molecule has 0 saturated carbocycles. The molecule has 1 heterocycles. The molecule has 1 amide bonds. The molecule has 0 aromatic heterocycles. The number of likely N-dealkylation sites (N-methyl/N-ethyl adjacent to an activating group) is 1. The predicted octanol–water partition coefficient (Wildman–Crippen LogP) is 2.86. The number of halogens is 2. The number of amides is 1. The molecular weight excluding hydrogens is 319 g/mol. The third-order valence-electron chi connectivity index (χ3n) is 4.17. The Kier molecular flexibility index (Phi) is 8.95. The molecule has 2 rings (SSSR count). The van der Waals surface area contributed by atoms with Gasteiger partial charge in [0.25, 0.3) is 0 Å². The summed E-state index contributed by atoms with van der Waals surface area (Å²) in [6, 6.07) is 6.31. The molecule has 1 saturated heterocycles. The Morgan fingerprint density at radius 1 is 1.35 bits per heavy atom. The SMILES string of the molecule is CN(CCOc1ccccc1F)C(=O)CCC1CCNCC1.Cl. The van der Waals surface area contributed by atoms with E-state index < -0.39 is 0 Å². The topological polar surface area (TPSA) is 41.6 Å². The quantitative estimate of drug-likeness (QED) is 0.827. The standard InChI is InChI=1S/C17H25FN2O2.ClH/c1-20(12-13-22-16-5-3-2-4-15(16)18)17(21)7-6-14-8-10-19-11-9-14;/h2-5,14,19H,6-13H2,1H3;1H. The molecule has 1 aromatic rings. The van der Waals surface area contributed by atoms with Crippen LogP contribution in [0.2, 0.25) is 0 Å². The molecule has 0 bridgehead atoms. The number of ether oxygens (including phenoxy) is 1. The monoisotopic (exact) mass is 344 g/mol. The van der Waals surface area contributed by atoms with Crippen LogP contribution < -0.4 is 10.1 Å². The van der Waals surface area contributed by atoms with Gasteiger partial charge in [-0.1, -0.05) is 12.1 Å². The zero-order chi connectivity index (χ0) is 15.8. The number of nitrogens with one attached hydrogen (secondary N) is 1. The number of benzene rings is 1. The Labute approximate surface area is 143 Å². The minimum atomic E-state index is -0.373. The van der Waals surface area contributed by atoms with Crippen molar-refractivity contribution in [3.05, 3.63) is 30.1 Å². The second kappa shape index (κ2) is 10.4. The number of nitrogens with zero attached hydrogens (tertiary/aromatic N) is 1. The molecule has 1 N–H and O–H groups in total. The van der Waals surface area contributed by atoms with E-state index in [4.69, 9.17) is 4.74 Å². The fourth-order valence-corrected chi connectivity index (χ4v) is 2.67. The van der Waals surface area contributed by atoms with Crippen LogP contribution in [0.15, 0.2) is 24.3 Å². The summed E-state index contributed by atoms with van der Waals surface area (Å²) in [5, 5.41) is 3.33. The van der Waals surface area contributed by atoms with Gasteiger partial charge in [-0.05, 0) is 50.4 Å². The molecular formula is C17H26ClFN2O2. The van der Waals surface area contributed by atoms with Crippen molar-refractivity contribution in [1.82, 2.24) is 10.2 Å². The summed E-state index contributed by atoms with van der Waals surface area (Å²) in [5.74, 6) is 0.657. The van der Waals surface area contributed by atoms with E-state index in [2.05, 4.69) is 5.32 Å². The first kappa shape index (κ1) is 19.7. The molecule has 0 atom stereocenters. The van der Waals surface area contributed by atoms with Gasteiger partial charge in [0, 0.05) is 13.5 Å². The molecule has 0 spiro atoms. The number of carbonyl (C=O) groups excluding carboxylic acids is 1. The molecule has 0 aliphatic carbocycles. The Balaban J connectivity index is 0.00000264. The van der Waals surface area contributed by atoms with E-state index >= 15 is 0 Å². The van der Waals surface area contributed by atoms with Crippen LogP contribution in [0.25, 0.3) is 0 Å². The van der Waals surface area contributed by atoms with Crippen LogP contribution in [-0.4, -0.2) is 44.1 Å². The highest BCUT2D eigenvalue weighted by Gasteiger charge is 2.16. The lowest BCUT2D eigenvalue weighted by atomic mass is 9.93. The van der Waals surface area contributed by atoms with Crippen LogP contribution in [0.4, 0.5) is 4.39 Å². The van der Waals surface area contributed by atoms with Gasteiger partial charge in [0.05, 0.1) is 6.54 Å². The largest absolute Gasteiger partial charge is 0.489 e. The maximum absolute atomic E-state index is 13.4. The van der Waals surface area contributed by atoms with E-state index in [1.54, 1.807) is 30.1 Å². The van der Waals surface area contributed by atoms with Gasteiger partial charge in [0.15, 0.2) is 11.6 Å². The summed E-state index contributed by atoms with van der Waals surface area (Å²) in [5.41, 5.74) is 0. The summed E-state index contributed by atoms with van der Waals surface area (Å²) in [4.78, 5) is 13.7. The minimum Gasteiger partial charge on any atom is -0.489 e. The lowest BCUT2D eigenvalue weighted by molar-refractivity contribution is -0.130. The van der Waals surface area contributed by atoms with Gasteiger partial charge in [0.1, 0.15) is 6.61 Å². The lowest BCUT2D eigenvalue weighted by Crippen LogP contribution is -2.32. The van der Waals surface area contributed by atoms with Crippen molar-refractivity contribution in [2.75, 3.05) is 33.3 Å². The Bertz CT molecular complexity index is 481. The van der Waals surface area contributed by atoms with Crippen molar-refractivity contribution in [2.45, 2.75) is 25.7 Å². The number of rotatable bonds is 7. The molecule has 130 valence electrons. The first-order chi connectivity index (χ1) is 10.7. The molecule has 1 aromatic carbocycles. The molecule has 0 radical (unpaired) electrons.